The second kappa shape index (κ2) is 7.58. The first-order valence-corrected chi connectivity index (χ1v) is 7.84. The first-order chi connectivity index (χ1) is 12.1. The molecule has 1 fully saturated rings. The van der Waals surface area contributed by atoms with Crippen LogP contribution in [0.3, 0.4) is 0 Å². The van der Waals surface area contributed by atoms with Gasteiger partial charge in [-0.1, -0.05) is 12.1 Å². The minimum Gasteiger partial charge on any atom is -0.408 e. The molecule has 130 valence electrons. The van der Waals surface area contributed by atoms with Crippen LogP contribution in [0.15, 0.2) is 46.6 Å². The van der Waals surface area contributed by atoms with Crippen LogP contribution in [0.5, 0.6) is 5.75 Å². The third-order valence-electron chi connectivity index (χ3n) is 3.63. The number of nitrogens with two attached hydrogens (primary N) is 2. The lowest BCUT2D eigenvalue weighted by atomic mass is 10.3. The molecule has 9 nitrogen and oxygen atoms in total. The first kappa shape index (κ1) is 16.7. The number of rotatable bonds is 3. The van der Waals surface area contributed by atoms with E-state index < -0.39 is 6.09 Å². The minimum absolute atomic E-state index is 0.180. The van der Waals surface area contributed by atoms with Crippen LogP contribution in [-0.2, 0) is 0 Å². The van der Waals surface area contributed by atoms with Crippen LogP contribution in [0, 0.1) is 0 Å². The lowest BCUT2D eigenvalue weighted by Gasteiger charge is -2.26. The molecule has 0 aliphatic carbocycles. The number of nitrogens with zero attached hydrogens (tertiary/aromatic N) is 4. The highest BCUT2D eigenvalue weighted by molar-refractivity contribution is 5.73. The van der Waals surface area contributed by atoms with Gasteiger partial charge in [0.15, 0.2) is 11.6 Å². The molecule has 0 spiro atoms. The topological polar surface area (TPSA) is 131 Å². The Morgan fingerprint density at radius 3 is 2.56 bits per heavy atom. The molecular formula is C16H19N7O2. The molecule has 1 amide bonds. The zero-order chi connectivity index (χ0) is 17.6. The molecule has 1 aromatic heterocycles. The van der Waals surface area contributed by atoms with Crippen LogP contribution in [0.1, 0.15) is 0 Å². The number of azo groups is 1. The smallest absolute Gasteiger partial charge is 0.408 e. The van der Waals surface area contributed by atoms with Gasteiger partial charge in [-0.3, -0.25) is 0 Å². The number of amides is 1. The van der Waals surface area contributed by atoms with Crippen LogP contribution < -0.4 is 21.5 Å². The van der Waals surface area contributed by atoms with Crippen LogP contribution in [0.25, 0.3) is 0 Å². The van der Waals surface area contributed by atoms with E-state index in [2.05, 4.69) is 20.5 Å². The maximum absolute atomic E-state index is 12.2. The Morgan fingerprint density at radius 1 is 1.08 bits per heavy atom. The predicted molar refractivity (Wildman–Crippen MR) is 94.1 cm³/mol. The fraction of sp³-hybridized carbons (Fsp3) is 0.250. The van der Waals surface area contributed by atoms with Gasteiger partial charge in [-0.25, -0.2) is 9.78 Å². The minimum atomic E-state index is -0.405. The second-order valence-electron chi connectivity index (χ2n) is 5.41. The van der Waals surface area contributed by atoms with E-state index in [0.717, 1.165) is 13.1 Å². The molecule has 0 bridgehead atoms. The maximum Gasteiger partial charge on any atom is 0.415 e. The molecule has 0 radical (unpaired) electrons. The van der Waals surface area contributed by atoms with Crippen molar-refractivity contribution in [3.05, 3.63) is 36.4 Å². The van der Waals surface area contributed by atoms with E-state index in [1.165, 1.54) is 0 Å². The molecule has 1 aliphatic rings. The number of ether oxygens (including phenoxy) is 1. The number of nitrogens with one attached hydrogen (secondary N) is 1. The molecule has 5 N–H and O–H groups in total. The van der Waals surface area contributed by atoms with Gasteiger partial charge in [0, 0.05) is 26.2 Å². The molecule has 25 heavy (non-hydrogen) atoms. The van der Waals surface area contributed by atoms with Crippen LogP contribution in [-0.4, -0.2) is 42.2 Å². The normalized spacial score (nSPS) is 14.6. The molecule has 9 heteroatoms. The molecule has 2 aromatic rings. The second-order valence-corrected chi connectivity index (χ2v) is 5.41. The Labute approximate surface area is 144 Å². The third-order valence-corrected chi connectivity index (χ3v) is 3.63. The monoisotopic (exact) mass is 341 g/mol. The van der Waals surface area contributed by atoms with Crippen molar-refractivity contribution in [1.82, 2.24) is 15.2 Å². The predicted octanol–water partition coefficient (Wildman–Crippen LogP) is 2.07. The number of hydrogen-bond acceptors (Lipinski definition) is 8. The zero-order valence-electron chi connectivity index (χ0n) is 13.6. The van der Waals surface area contributed by atoms with Crippen molar-refractivity contribution < 1.29 is 9.53 Å². The lowest BCUT2D eigenvalue weighted by Crippen LogP contribution is -2.47. The summed E-state index contributed by atoms with van der Waals surface area (Å²) in [5.41, 5.74) is 12.1. The molecule has 2 heterocycles. The van der Waals surface area contributed by atoms with Crippen LogP contribution >= 0.6 is 0 Å². The quantitative estimate of drug-likeness (QED) is 0.732. The summed E-state index contributed by atoms with van der Waals surface area (Å²) in [6.07, 6.45) is -0.405. The van der Waals surface area contributed by atoms with E-state index >= 15 is 0 Å². The molecule has 0 unspecified atom stereocenters. The highest BCUT2D eigenvalue weighted by Crippen LogP contribution is 2.30. The molecular weight excluding hydrogens is 322 g/mol. The lowest BCUT2D eigenvalue weighted by molar-refractivity contribution is 0.146. The van der Waals surface area contributed by atoms with Gasteiger partial charge in [-0.05, 0) is 24.3 Å². The van der Waals surface area contributed by atoms with Crippen molar-refractivity contribution in [1.29, 1.82) is 0 Å². The van der Waals surface area contributed by atoms with Gasteiger partial charge in [0.05, 0.1) is 0 Å². The van der Waals surface area contributed by atoms with E-state index in [-0.39, 0.29) is 5.82 Å². The average Bonchev–Trinajstić information content (AvgIpc) is 2.63. The van der Waals surface area contributed by atoms with E-state index in [4.69, 9.17) is 16.2 Å². The molecule has 1 aromatic carbocycles. The molecule has 0 atom stereocenters. The Morgan fingerprint density at radius 2 is 1.80 bits per heavy atom. The molecule has 3 rings (SSSR count). The SMILES string of the molecule is Nc1ccc(N=Nc2ccccc2OC(=O)N2CCNCC2)c(N)n1. The third kappa shape index (κ3) is 4.21. The zero-order valence-corrected chi connectivity index (χ0v) is 13.6. The van der Waals surface area contributed by atoms with Crippen molar-refractivity contribution in [3.8, 4) is 5.75 Å². The summed E-state index contributed by atoms with van der Waals surface area (Å²) in [7, 11) is 0. The number of carbonyl (C=O) groups excluding carboxylic acids is 1. The summed E-state index contributed by atoms with van der Waals surface area (Å²) >= 11 is 0. The summed E-state index contributed by atoms with van der Waals surface area (Å²) in [5, 5.41) is 11.4. The van der Waals surface area contributed by atoms with E-state index in [0.29, 0.717) is 36.0 Å². The fourth-order valence-electron chi connectivity index (χ4n) is 2.31. The number of piperazine rings is 1. The van der Waals surface area contributed by atoms with Crippen LogP contribution in [0.4, 0.5) is 27.8 Å². The molecule has 1 aliphatic heterocycles. The number of anilines is 2. The highest BCUT2D eigenvalue weighted by atomic mass is 16.6. The van der Waals surface area contributed by atoms with Crippen molar-refractivity contribution in [2.24, 2.45) is 10.2 Å². The number of benzene rings is 1. The van der Waals surface area contributed by atoms with E-state index in [9.17, 15) is 4.79 Å². The Bertz CT molecular complexity index is 788. The summed E-state index contributed by atoms with van der Waals surface area (Å²) in [6, 6.07) is 10.1. The molecule has 0 saturated carbocycles. The Balaban J connectivity index is 1.76. The largest absolute Gasteiger partial charge is 0.415 e. The van der Waals surface area contributed by atoms with Gasteiger partial charge >= 0.3 is 6.09 Å². The Kier molecular flexibility index (Phi) is 5.05. The van der Waals surface area contributed by atoms with Crippen molar-refractivity contribution in [2.75, 3.05) is 37.6 Å². The summed E-state index contributed by atoms with van der Waals surface area (Å²) in [5.74, 6) is 0.817. The van der Waals surface area contributed by atoms with Gasteiger partial charge in [0.2, 0.25) is 0 Å². The molecule has 1 saturated heterocycles. The number of hydrogen-bond donors (Lipinski definition) is 3. The van der Waals surface area contributed by atoms with Crippen molar-refractivity contribution in [3.63, 3.8) is 0 Å². The number of aromatic nitrogens is 1. The summed E-state index contributed by atoms with van der Waals surface area (Å²) in [4.78, 5) is 17.8. The summed E-state index contributed by atoms with van der Waals surface area (Å²) in [6.45, 7) is 2.71. The fourth-order valence-corrected chi connectivity index (χ4v) is 2.31. The van der Waals surface area contributed by atoms with Gasteiger partial charge < -0.3 is 26.4 Å². The van der Waals surface area contributed by atoms with Crippen molar-refractivity contribution in [2.45, 2.75) is 0 Å². The van der Waals surface area contributed by atoms with Crippen molar-refractivity contribution >= 4 is 29.1 Å². The van der Waals surface area contributed by atoms with Gasteiger partial charge in [0.25, 0.3) is 0 Å². The number of carbonyl (C=O) groups is 1. The maximum atomic E-state index is 12.2. The van der Waals surface area contributed by atoms with Gasteiger partial charge in [0.1, 0.15) is 17.2 Å². The number of para-hydroxylation sites is 1. The summed E-state index contributed by atoms with van der Waals surface area (Å²) < 4.78 is 5.46. The standard InChI is InChI=1S/C16H19N7O2/c17-14-6-5-12(15(18)20-14)22-21-11-3-1-2-4-13(11)25-16(24)23-9-7-19-8-10-23/h1-6,19H,7-10H2,(H4,17,18,20). The first-order valence-electron chi connectivity index (χ1n) is 7.84. The van der Waals surface area contributed by atoms with E-state index in [1.54, 1.807) is 41.3 Å². The highest BCUT2D eigenvalue weighted by Gasteiger charge is 2.19. The number of pyridine rings is 1. The van der Waals surface area contributed by atoms with Gasteiger partial charge in [-0.2, -0.15) is 0 Å². The number of nitrogen functional groups attached to an aromatic ring is 2. The van der Waals surface area contributed by atoms with Gasteiger partial charge in [-0.15, -0.1) is 10.2 Å². The average molecular weight is 341 g/mol. The van der Waals surface area contributed by atoms with Crippen LogP contribution in [0.2, 0.25) is 0 Å². The Hall–Kier alpha value is -3.20. The van der Waals surface area contributed by atoms with E-state index in [1.807, 2.05) is 0 Å².